The van der Waals surface area contributed by atoms with Gasteiger partial charge in [0, 0.05) is 43.2 Å². The molecule has 1 aromatic carbocycles. The van der Waals surface area contributed by atoms with E-state index in [1.54, 1.807) is 24.2 Å². The summed E-state index contributed by atoms with van der Waals surface area (Å²) in [5, 5.41) is 1.04. The molecule has 0 saturated heterocycles. The molecule has 0 aliphatic rings. The summed E-state index contributed by atoms with van der Waals surface area (Å²) in [5.74, 6) is -0.369. The number of fused-ring (bicyclic) bond motifs is 1. The van der Waals surface area contributed by atoms with Crippen LogP contribution in [0.4, 0.5) is 0 Å². The highest BCUT2D eigenvalue weighted by molar-refractivity contribution is 5.95. The van der Waals surface area contributed by atoms with Crippen molar-refractivity contribution in [3.8, 4) is 0 Å². The summed E-state index contributed by atoms with van der Waals surface area (Å²) in [6, 6.07) is 9.72. The molecule has 0 unspecified atom stereocenters. The van der Waals surface area contributed by atoms with Crippen LogP contribution in [-0.4, -0.2) is 42.5 Å². The van der Waals surface area contributed by atoms with Crippen molar-refractivity contribution in [1.82, 2.24) is 9.88 Å². The van der Waals surface area contributed by atoms with E-state index in [1.165, 1.54) is 13.2 Å². The molecule has 1 heterocycles. The summed E-state index contributed by atoms with van der Waals surface area (Å²) < 4.78 is 4.58. The second-order valence-electron chi connectivity index (χ2n) is 5.20. The molecular weight excluding hydrogens is 292 g/mol. The van der Waals surface area contributed by atoms with Crippen molar-refractivity contribution in [1.29, 1.82) is 0 Å². The van der Waals surface area contributed by atoms with Crippen LogP contribution in [-0.2, 0) is 14.3 Å². The van der Waals surface area contributed by atoms with Crippen LogP contribution in [0.5, 0.6) is 0 Å². The van der Waals surface area contributed by atoms with E-state index >= 15 is 0 Å². The van der Waals surface area contributed by atoms with Crippen LogP contribution >= 0.6 is 0 Å². The number of amides is 1. The number of hydrogen-bond acceptors (Lipinski definition) is 4. The molecule has 0 aliphatic carbocycles. The van der Waals surface area contributed by atoms with Crippen molar-refractivity contribution in [2.75, 3.05) is 20.7 Å². The lowest BCUT2D eigenvalue weighted by atomic mass is 10.1. The number of rotatable bonds is 6. The predicted molar refractivity (Wildman–Crippen MR) is 89.7 cm³/mol. The molecule has 1 aromatic heterocycles. The zero-order chi connectivity index (χ0) is 16.7. The molecule has 0 radical (unpaired) electrons. The van der Waals surface area contributed by atoms with Crippen molar-refractivity contribution in [3.05, 3.63) is 48.2 Å². The van der Waals surface area contributed by atoms with Crippen molar-refractivity contribution in [2.45, 2.75) is 12.8 Å². The molecule has 0 aliphatic heterocycles. The topological polar surface area (TPSA) is 59.5 Å². The number of carbonyl (C=O) groups is 2. The fourth-order valence-corrected chi connectivity index (χ4v) is 2.22. The number of likely N-dealkylation sites (N-methyl/N-ethyl adjacent to an activating group) is 1. The molecule has 2 rings (SSSR count). The van der Waals surface area contributed by atoms with E-state index in [-0.39, 0.29) is 11.9 Å². The molecule has 0 bridgehead atoms. The second-order valence-corrected chi connectivity index (χ2v) is 5.20. The molecule has 0 N–H and O–H groups in total. The Morgan fingerprint density at radius 1 is 1.26 bits per heavy atom. The number of esters is 1. The number of ether oxygens (including phenoxy) is 1. The summed E-state index contributed by atoms with van der Waals surface area (Å²) >= 11 is 0. The number of para-hydroxylation sites is 1. The monoisotopic (exact) mass is 312 g/mol. The lowest BCUT2D eigenvalue weighted by Crippen LogP contribution is -2.26. The molecule has 0 fully saturated rings. The van der Waals surface area contributed by atoms with Gasteiger partial charge in [0.05, 0.1) is 12.6 Å². The van der Waals surface area contributed by atoms with Crippen LogP contribution in [0.15, 0.2) is 42.6 Å². The molecule has 23 heavy (non-hydrogen) atoms. The number of nitrogens with zero attached hydrogens (tertiary/aromatic N) is 2. The molecule has 0 saturated carbocycles. The first-order valence-corrected chi connectivity index (χ1v) is 7.45. The standard InChI is InChI=1S/C18H20N2O3/c1-20(13-5-9-17(22)23-2)16(21)11-10-15-7-3-6-14-8-4-12-19-18(14)15/h3-4,6-8,10-12H,5,9,13H2,1-2H3/b11-10+. The zero-order valence-electron chi connectivity index (χ0n) is 13.4. The highest BCUT2D eigenvalue weighted by atomic mass is 16.5. The zero-order valence-corrected chi connectivity index (χ0v) is 13.4. The first-order chi connectivity index (χ1) is 11.1. The first-order valence-electron chi connectivity index (χ1n) is 7.45. The minimum atomic E-state index is -0.261. The van der Waals surface area contributed by atoms with Gasteiger partial charge >= 0.3 is 5.97 Å². The Bertz CT molecular complexity index is 720. The summed E-state index contributed by atoms with van der Waals surface area (Å²) in [6.45, 7) is 0.506. The number of hydrogen-bond donors (Lipinski definition) is 0. The third kappa shape index (κ3) is 4.64. The van der Waals surface area contributed by atoms with E-state index < -0.39 is 0 Å². The maximum atomic E-state index is 12.1. The van der Waals surface area contributed by atoms with Crippen molar-refractivity contribution < 1.29 is 14.3 Å². The van der Waals surface area contributed by atoms with Gasteiger partial charge in [-0.05, 0) is 18.6 Å². The number of benzene rings is 1. The van der Waals surface area contributed by atoms with Crippen molar-refractivity contribution in [3.63, 3.8) is 0 Å². The first kappa shape index (κ1) is 16.7. The Morgan fingerprint density at radius 2 is 2.04 bits per heavy atom. The van der Waals surface area contributed by atoms with Gasteiger partial charge in [-0.3, -0.25) is 14.6 Å². The maximum Gasteiger partial charge on any atom is 0.305 e. The van der Waals surface area contributed by atoms with Gasteiger partial charge < -0.3 is 9.64 Å². The molecule has 2 aromatic rings. The fraction of sp³-hybridized carbons (Fsp3) is 0.278. The second kappa shape index (κ2) is 8.08. The quantitative estimate of drug-likeness (QED) is 0.608. The van der Waals surface area contributed by atoms with Crippen LogP contribution in [0, 0.1) is 0 Å². The SMILES string of the molecule is COC(=O)CCCN(C)C(=O)/C=C/c1cccc2cccnc12. The number of pyridine rings is 1. The van der Waals surface area contributed by atoms with Gasteiger partial charge in [0.15, 0.2) is 0 Å². The van der Waals surface area contributed by atoms with Crippen molar-refractivity contribution >= 4 is 28.9 Å². The lowest BCUT2D eigenvalue weighted by Gasteiger charge is -2.14. The maximum absolute atomic E-state index is 12.1. The van der Waals surface area contributed by atoms with Crippen LogP contribution < -0.4 is 0 Å². The average Bonchev–Trinajstić information content (AvgIpc) is 2.59. The van der Waals surface area contributed by atoms with E-state index in [2.05, 4.69) is 9.72 Å². The summed E-state index contributed by atoms with van der Waals surface area (Å²) in [7, 11) is 3.07. The van der Waals surface area contributed by atoms with Gasteiger partial charge in [0.25, 0.3) is 0 Å². The Labute approximate surface area is 135 Å². The molecule has 0 spiro atoms. The third-order valence-corrected chi connectivity index (χ3v) is 3.55. The number of carbonyl (C=O) groups excluding carboxylic acids is 2. The fourth-order valence-electron chi connectivity index (χ4n) is 2.22. The Balaban J connectivity index is 1.98. The van der Waals surface area contributed by atoms with E-state index in [1.807, 2.05) is 30.3 Å². The summed E-state index contributed by atoms with van der Waals surface area (Å²) in [4.78, 5) is 29.1. The Kier molecular flexibility index (Phi) is 5.86. The average molecular weight is 312 g/mol. The van der Waals surface area contributed by atoms with Crippen LogP contribution in [0.2, 0.25) is 0 Å². The van der Waals surface area contributed by atoms with Crippen LogP contribution in [0.3, 0.4) is 0 Å². The van der Waals surface area contributed by atoms with E-state index in [0.29, 0.717) is 19.4 Å². The van der Waals surface area contributed by atoms with Gasteiger partial charge in [-0.2, -0.15) is 0 Å². The van der Waals surface area contributed by atoms with Crippen LogP contribution in [0.25, 0.3) is 17.0 Å². The molecule has 5 heteroatoms. The van der Waals surface area contributed by atoms with Crippen LogP contribution in [0.1, 0.15) is 18.4 Å². The molecular formula is C18H20N2O3. The summed E-state index contributed by atoms with van der Waals surface area (Å²) in [5.41, 5.74) is 1.77. The van der Waals surface area contributed by atoms with E-state index in [9.17, 15) is 9.59 Å². The Hall–Kier alpha value is -2.69. The lowest BCUT2D eigenvalue weighted by molar-refractivity contribution is -0.141. The molecule has 5 nitrogen and oxygen atoms in total. The van der Waals surface area contributed by atoms with E-state index in [4.69, 9.17) is 0 Å². The largest absolute Gasteiger partial charge is 0.469 e. The van der Waals surface area contributed by atoms with Gasteiger partial charge in [-0.25, -0.2) is 0 Å². The number of methoxy groups -OCH3 is 1. The molecule has 120 valence electrons. The van der Waals surface area contributed by atoms with Gasteiger partial charge in [-0.1, -0.05) is 24.3 Å². The minimum absolute atomic E-state index is 0.109. The molecule has 1 amide bonds. The van der Waals surface area contributed by atoms with E-state index in [0.717, 1.165) is 16.5 Å². The smallest absolute Gasteiger partial charge is 0.305 e. The highest BCUT2D eigenvalue weighted by Gasteiger charge is 2.07. The normalized spacial score (nSPS) is 10.9. The highest BCUT2D eigenvalue weighted by Crippen LogP contribution is 2.17. The third-order valence-electron chi connectivity index (χ3n) is 3.55. The number of aromatic nitrogens is 1. The van der Waals surface area contributed by atoms with Gasteiger partial charge in [-0.15, -0.1) is 0 Å². The summed E-state index contributed by atoms with van der Waals surface area (Å²) in [6.07, 6.45) is 5.93. The minimum Gasteiger partial charge on any atom is -0.469 e. The predicted octanol–water partition coefficient (Wildman–Crippen LogP) is 2.66. The van der Waals surface area contributed by atoms with Gasteiger partial charge in [0.1, 0.15) is 0 Å². The molecule has 0 atom stereocenters. The Morgan fingerprint density at radius 3 is 2.83 bits per heavy atom. The van der Waals surface area contributed by atoms with Crippen molar-refractivity contribution in [2.24, 2.45) is 0 Å². The van der Waals surface area contributed by atoms with Gasteiger partial charge in [0.2, 0.25) is 5.91 Å².